The Morgan fingerprint density at radius 1 is 1.40 bits per heavy atom. The second-order valence-electron chi connectivity index (χ2n) is 6.50. The number of ether oxygens (including phenoxy) is 1. The number of carbonyl (C=O) groups excluding carboxylic acids is 1. The minimum atomic E-state index is 0.166. The minimum Gasteiger partial charge on any atom is -0.462 e. The number of furan rings is 1. The molecule has 0 aromatic carbocycles. The fraction of sp³-hybridized carbons (Fsp3) is 0.556. The SMILES string of the molecule is O=C(Cc1csc(-c2ccco2)n1)N(CC1CCCO1)C1CCSC1. The predicted octanol–water partition coefficient (Wildman–Crippen LogP) is 3.46. The molecule has 0 bridgehead atoms. The molecule has 0 radical (unpaired) electrons. The first-order valence-electron chi connectivity index (χ1n) is 8.76. The van der Waals surface area contributed by atoms with Crippen molar-refractivity contribution in [2.24, 2.45) is 0 Å². The van der Waals surface area contributed by atoms with Crippen LogP contribution in [0.15, 0.2) is 28.2 Å². The van der Waals surface area contributed by atoms with Crippen LogP contribution < -0.4 is 0 Å². The Morgan fingerprint density at radius 2 is 2.36 bits per heavy atom. The van der Waals surface area contributed by atoms with Gasteiger partial charge in [0, 0.05) is 30.3 Å². The van der Waals surface area contributed by atoms with Crippen molar-refractivity contribution in [3.05, 3.63) is 29.5 Å². The molecule has 2 aliphatic rings. The summed E-state index contributed by atoms with van der Waals surface area (Å²) in [4.78, 5) is 19.6. The van der Waals surface area contributed by atoms with Gasteiger partial charge in [0.2, 0.25) is 5.91 Å². The highest BCUT2D eigenvalue weighted by Gasteiger charge is 2.30. The molecule has 2 aromatic rings. The summed E-state index contributed by atoms with van der Waals surface area (Å²) in [6.45, 7) is 1.55. The third kappa shape index (κ3) is 4.10. The van der Waals surface area contributed by atoms with E-state index in [4.69, 9.17) is 9.15 Å². The van der Waals surface area contributed by atoms with Gasteiger partial charge in [-0.15, -0.1) is 11.3 Å². The van der Waals surface area contributed by atoms with Gasteiger partial charge in [-0.2, -0.15) is 11.8 Å². The zero-order valence-corrected chi connectivity index (χ0v) is 15.7. The summed E-state index contributed by atoms with van der Waals surface area (Å²) in [7, 11) is 0. The molecular weight excluding hydrogens is 356 g/mol. The van der Waals surface area contributed by atoms with Crippen LogP contribution in [-0.2, 0) is 16.0 Å². The van der Waals surface area contributed by atoms with Crippen molar-refractivity contribution in [3.63, 3.8) is 0 Å². The van der Waals surface area contributed by atoms with Crippen molar-refractivity contribution in [1.82, 2.24) is 9.88 Å². The van der Waals surface area contributed by atoms with Crippen LogP contribution in [0.2, 0.25) is 0 Å². The van der Waals surface area contributed by atoms with Gasteiger partial charge in [-0.3, -0.25) is 4.79 Å². The number of thioether (sulfide) groups is 1. The number of aromatic nitrogens is 1. The lowest BCUT2D eigenvalue weighted by molar-refractivity contribution is -0.134. The second-order valence-corrected chi connectivity index (χ2v) is 8.50. The van der Waals surface area contributed by atoms with E-state index in [2.05, 4.69) is 9.88 Å². The van der Waals surface area contributed by atoms with E-state index in [-0.39, 0.29) is 12.0 Å². The summed E-state index contributed by atoms with van der Waals surface area (Å²) in [5.41, 5.74) is 0.824. The van der Waals surface area contributed by atoms with Crippen molar-refractivity contribution in [2.45, 2.75) is 37.8 Å². The minimum absolute atomic E-state index is 0.166. The molecule has 2 atom stereocenters. The van der Waals surface area contributed by atoms with Gasteiger partial charge in [0.1, 0.15) is 0 Å². The molecule has 2 unspecified atom stereocenters. The molecule has 0 aliphatic carbocycles. The van der Waals surface area contributed by atoms with Crippen LogP contribution in [0.3, 0.4) is 0 Å². The fourth-order valence-electron chi connectivity index (χ4n) is 3.39. The van der Waals surface area contributed by atoms with Gasteiger partial charge in [-0.25, -0.2) is 4.98 Å². The maximum absolute atomic E-state index is 13.0. The van der Waals surface area contributed by atoms with Crippen molar-refractivity contribution < 1.29 is 13.9 Å². The number of carbonyl (C=O) groups is 1. The third-order valence-corrected chi connectivity index (χ3v) is 6.76. The molecule has 2 fully saturated rings. The first-order chi connectivity index (χ1) is 12.3. The first kappa shape index (κ1) is 17.1. The summed E-state index contributed by atoms with van der Waals surface area (Å²) in [6.07, 6.45) is 5.43. The van der Waals surface area contributed by atoms with Gasteiger partial charge in [-0.1, -0.05) is 0 Å². The van der Waals surface area contributed by atoms with Crippen molar-refractivity contribution in [3.8, 4) is 10.8 Å². The number of nitrogens with zero attached hydrogens (tertiary/aromatic N) is 2. The number of thiazole rings is 1. The Kier molecular flexibility index (Phi) is 5.43. The lowest BCUT2D eigenvalue weighted by Crippen LogP contribution is -2.45. The molecule has 25 heavy (non-hydrogen) atoms. The zero-order chi connectivity index (χ0) is 17.1. The summed E-state index contributed by atoms with van der Waals surface area (Å²) >= 11 is 3.46. The van der Waals surface area contributed by atoms with Crippen molar-refractivity contribution >= 4 is 29.0 Å². The molecule has 4 rings (SSSR count). The normalized spacial score (nSPS) is 23.2. The molecule has 0 N–H and O–H groups in total. The van der Waals surface area contributed by atoms with E-state index < -0.39 is 0 Å². The summed E-state index contributed by atoms with van der Waals surface area (Å²) in [5.74, 6) is 3.10. The molecule has 134 valence electrons. The molecular formula is C18H22N2O3S2. The van der Waals surface area contributed by atoms with E-state index in [0.29, 0.717) is 12.5 Å². The Balaban J connectivity index is 1.44. The Bertz CT molecular complexity index is 689. The standard InChI is InChI=1S/C18H22N2O3S2/c21-17(9-13-11-25-18(19-13)16-4-2-7-23-16)20(14-5-8-24-12-14)10-15-3-1-6-22-15/h2,4,7,11,14-15H,1,3,5-6,8-10,12H2. The van der Waals surface area contributed by atoms with Gasteiger partial charge in [0.25, 0.3) is 0 Å². The Morgan fingerprint density at radius 3 is 3.08 bits per heavy atom. The van der Waals surface area contributed by atoms with Crippen molar-refractivity contribution in [2.75, 3.05) is 24.7 Å². The van der Waals surface area contributed by atoms with Crippen LogP contribution in [0.25, 0.3) is 10.8 Å². The van der Waals surface area contributed by atoms with Crippen LogP contribution in [0.1, 0.15) is 25.0 Å². The first-order valence-corrected chi connectivity index (χ1v) is 10.8. The van der Waals surface area contributed by atoms with Gasteiger partial charge in [-0.05, 0) is 37.1 Å². The number of rotatable bonds is 6. The van der Waals surface area contributed by atoms with E-state index in [1.54, 1.807) is 6.26 Å². The Labute approximate surface area is 155 Å². The molecule has 2 saturated heterocycles. The molecule has 0 saturated carbocycles. The van der Waals surface area contributed by atoms with Gasteiger partial charge in [0.15, 0.2) is 10.8 Å². The molecule has 2 aliphatic heterocycles. The number of hydrogen-bond acceptors (Lipinski definition) is 6. The van der Waals surface area contributed by atoms with E-state index in [9.17, 15) is 4.79 Å². The molecule has 5 nitrogen and oxygen atoms in total. The Hall–Kier alpha value is -1.31. The average molecular weight is 379 g/mol. The highest BCUT2D eigenvalue weighted by molar-refractivity contribution is 7.99. The smallest absolute Gasteiger partial charge is 0.228 e. The van der Waals surface area contributed by atoms with Crippen LogP contribution in [0.5, 0.6) is 0 Å². The monoisotopic (exact) mass is 378 g/mol. The summed E-state index contributed by atoms with van der Waals surface area (Å²) in [6, 6.07) is 4.08. The van der Waals surface area contributed by atoms with Crippen LogP contribution >= 0.6 is 23.1 Å². The maximum Gasteiger partial charge on any atom is 0.228 e. The van der Waals surface area contributed by atoms with Crippen molar-refractivity contribution in [1.29, 1.82) is 0 Å². The van der Waals surface area contributed by atoms with Gasteiger partial charge >= 0.3 is 0 Å². The number of amides is 1. The molecule has 0 spiro atoms. The third-order valence-electron chi connectivity index (χ3n) is 4.71. The van der Waals surface area contributed by atoms with E-state index >= 15 is 0 Å². The highest BCUT2D eigenvalue weighted by Crippen LogP contribution is 2.27. The summed E-state index contributed by atoms with van der Waals surface area (Å²) in [5, 5.41) is 2.79. The second kappa shape index (κ2) is 7.93. The fourth-order valence-corrected chi connectivity index (χ4v) is 5.40. The largest absolute Gasteiger partial charge is 0.462 e. The van der Waals surface area contributed by atoms with E-state index in [1.165, 1.54) is 11.3 Å². The molecule has 7 heteroatoms. The lowest BCUT2D eigenvalue weighted by atomic mass is 10.1. The quantitative estimate of drug-likeness (QED) is 0.770. The van der Waals surface area contributed by atoms with E-state index in [1.807, 2.05) is 29.3 Å². The molecule has 2 aromatic heterocycles. The molecule has 4 heterocycles. The van der Waals surface area contributed by atoms with Crippen LogP contribution in [0, 0.1) is 0 Å². The topological polar surface area (TPSA) is 55.6 Å². The average Bonchev–Trinajstić information content (AvgIpc) is 3.41. The lowest BCUT2D eigenvalue weighted by Gasteiger charge is -2.30. The van der Waals surface area contributed by atoms with Gasteiger partial charge in [0.05, 0.1) is 24.5 Å². The predicted molar refractivity (Wildman–Crippen MR) is 99.9 cm³/mol. The molecule has 1 amide bonds. The highest BCUT2D eigenvalue weighted by atomic mass is 32.2. The van der Waals surface area contributed by atoms with Crippen LogP contribution in [0.4, 0.5) is 0 Å². The number of hydrogen-bond donors (Lipinski definition) is 0. The zero-order valence-electron chi connectivity index (χ0n) is 14.1. The van der Waals surface area contributed by atoms with Crippen LogP contribution in [-0.4, -0.2) is 52.6 Å². The maximum atomic E-state index is 13.0. The summed E-state index contributed by atoms with van der Waals surface area (Å²) < 4.78 is 11.2. The van der Waals surface area contributed by atoms with Gasteiger partial charge < -0.3 is 14.1 Å². The van der Waals surface area contributed by atoms with E-state index in [0.717, 1.165) is 60.4 Å².